The van der Waals surface area contributed by atoms with Crippen LogP contribution in [0.4, 0.5) is 0 Å². The summed E-state index contributed by atoms with van der Waals surface area (Å²) in [5, 5.41) is 0. The Labute approximate surface area is 142 Å². The zero-order chi connectivity index (χ0) is 12.4. The Kier molecular flexibility index (Phi) is 28.8. The molecule has 104 valence electrons. The number of nitrogens with zero attached hydrogens (tertiary/aromatic N) is 2. The molecule has 0 saturated heterocycles. The number of hydrogen-bond donors (Lipinski definition) is 0. The van der Waals surface area contributed by atoms with Gasteiger partial charge in [0.25, 0.3) is 0 Å². The van der Waals surface area contributed by atoms with Gasteiger partial charge in [-0.2, -0.15) is 0 Å². The molecule has 17 heavy (non-hydrogen) atoms. The van der Waals surface area contributed by atoms with Gasteiger partial charge in [0.05, 0.1) is 0 Å². The van der Waals surface area contributed by atoms with Gasteiger partial charge >= 0.3 is 20.1 Å². The van der Waals surface area contributed by atoms with E-state index in [1.807, 2.05) is 23.8 Å². The SMILES string of the molecule is CCN(C)C([S-])[S-].CCN(CC)C([S-])[S-].[NH2-].[Tc+5]. The van der Waals surface area contributed by atoms with Crippen LogP contribution in [-0.4, -0.2) is 45.9 Å². The summed E-state index contributed by atoms with van der Waals surface area (Å²) in [4.78, 5) is 3.97. The van der Waals surface area contributed by atoms with Crippen LogP contribution in [0.3, 0.4) is 0 Å². The van der Waals surface area contributed by atoms with E-state index in [9.17, 15) is 0 Å². The smallest absolute Gasteiger partial charge is 0.800 e. The fraction of sp³-hybridized carbons (Fsp3) is 1.00. The molecule has 0 aliphatic rings. The van der Waals surface area contributed by atoms with Gasteiger partial charge in [-0.1, -0.05) is 20.8 Å². The van der Waals surface area contributed by atoms with Crippen LogP contribution in [-0.2, 0) is 70.6 Å². The van der Waals surface area contributed by atoms with Gasteiger partial charge in [0.15, 0.2) is 0 Å². The quantitative estimate of drug-likeness (QED) is 0.657. The van der Waals surface area contributed by atoms with Gasteiger partial charge in [-0.15, -0.1) is 0 Å². The first-order valence-electron chi connectivity index (χ1n) is 4.98. The van der Waals surface area contributed by atoms with Gasteiger partial charge in [-0.05, 0) is 26.7 Å². The molecule has 3 nitrogen and oxygen atoms in total. The van der Waals surface area contributed by atoms with Crippen molar-refractivity contribution in [2.45, 2.75) is 30.2 Å². The third-order valence-electron chi connectivity index (χ3n) is 1.97. The molecule has 0 saturated carbocycles. The normalized spacial score (nSPS) is 9.88. The Morgan fingerprint density at radius 2 is 1.18 bits per heavy atom. The minimum Gasteiger partial charge on any atom is -0.800 e. The van der Waals surface area contributed by atoms with E-state index in [0.717, 1.165) is 19.6 Å². The molecule has 0 radical (unpaired) electrons. The Balaban J connectivity index is -0.0000000896. The second kappa shape index (κ2) is 17.9. The van der Waals surface area contributed by atoms with Crippen LogP contribution in [0.2, 0.25) is 0 Å². The predicted molar refractivity (Wildman–Crippen MR) is 83.5 cm³/mol. The molecule has 0 fully saturated rings. The molecule has 2 N–H and O–H groups in total. The van der Waals surface area contributed by atoms with Crippen LogP contribution in [0.25, 0.3) is 6.15 Å². The fourth-order valence-electron chi connectivity index (χ4n) is 0.671. The molecule has 0 heterocycles. The minimum absolute atomic E-state index is 0. The van der Waals surface area contributed by atoms with Crippen LogP contribution in [0.1, 0.15) is 20.8 Å². The molecule has 0 aromatic heterocycles. The molecule has 0 aliphatic carbocycles. The molecule has 0 aliphatic heterocycles. The molecule has 0 spiro atoms. The molecular weight excluding hydrogens is 376 g/mol. The van der Waals surface area contributed by atoms with Crippen molar-refractivity contribution >= 4 is 50.5 Å². The fourth-order valence-corrected chi connectivity index (χ4v) is 1.57. The third kappa shape index (κ3) is 17.9. The summed E-state index contributed by atoms with van der Waals surface area (Å²) in [6.07, 6.45) is 0. The van der Waals surface area contributed by atoms with Crippen molar-refractivity contribution in [2.75, 3.05) is 26.7 Å². The van der Waals surface area contributed by atoms with E-state index < -0.39 is 0 Å². The van der Waals surface area contributed by atoms with Gasteiger partial charge in [0.2, 0.25) is 0 Å². The van der Waals surface area contributed by atoms with Crippen molar-refractivity contribution < 1.29 is 20.1 Å². The average Bonchev–Trinajstić information content (AvgIpc) is 2.18. The summed E-state index contributed by atoms with van der Waals surface area (Å²) in [7, 11) is 1.92. The number of nitrogens with two attached hydrogens (primary N) is 1. The Morgan fingerprint density at radius 3 is 1.18 bits per heavy atom. The van der Waals surface area contributed by atoms with Gasteiger partial charge in [0, 0.05) is 0 Å². The van der Waals surface area contributed by atoms with E-state index in [0.29, 0.717) is 0 Å². The van der Waals surface area contributed by atoms with Crippen molar-refractivity contribution in [3.8, 4) is 0 Å². The number of hydrogen-bond acceptors (Lipinski definition) is 6. The van der Waals surface area contributed by atoms with Crippen LogP contribution in [0, 0.1) is 0 Å². The molecular formula is C9H22N3S4Tc. The standard InChI is InChI=1S/C5H13NS2.C4H11NS2.H2N.Tc/c1-3-6(4-2)5(7)8;1-3-5(2)4(6)7;;/h5,7-8H,3-4H2,1-2H3;4,6-7H,3H2,1-2H3;1H2;/q;;-1;+5/p-4. The second-order valence-corrected chi connectivity index (χ2v) is 5.29. The summed E-state index contributed by atoms with van der Waals surface area (Å²) in [6, 6.07) is 0. The monoisotopic (exact) mass is 397 g/mol. The van der Waals surface area contributed by atoms with Crippen LogP contribution in [0.5, 0.6) is 0 Å². The average molecular weight is 399 g/mol. The summed E-state index contributed by atoms with van der Waals surface area (Å²) >= 11 is 19.2. The molecule has 0 aromatic rings. The number of rotatable bonds is 5. The summed E-state index contributed by atoms with van der Waals surface area (Å²) in [6.45, 7) is 9.04. The summed E-state index contributed by atoms with van der Waals surface area (Å²) in [5.74, 6) is 0. The van der Waals surface area contributed by atoms with Gasteiger partial charge in [-0.25, -0.2) is 9.41 Å². The van der Waals surface area contributed by atoms with Crippen LogP contribution < -0.4 is 0 Å². The second-order valence-electron chi connectivity index (χ2n) is 2.91. The zero-order valence-electron chi connectivity index (χ0n) is 10.8. The maximum Gasteiger partial charge on any atom is 5.00 e. The van der Waals surface area contributed by atoms with Crippen molar-refractivity contribution in [3.63, 3.8) is 0 Å². The maximum atomic E-state index is 4.84. The van der Waals surface area contributed by atoms with Crippen molar-refractivity contribution in [3.05, 3.63) is 6.15 Å². The molecule has 0 unspecified atom stereocenters. The third-order valence-corrected chi connectivity index (χ3v) is 3.29. The first kappa shape index (κ1) is 27.3. The van der Waals surface area contributed by atoms with E-state index >= 15 is 0 Å². The van der Waals surface area contributed by atoms with Gasteiger partial charge in [0.1, 0.15) is 0 Å². The predicted octanol–water partition coefficient (Wildman–Crippen LogP) is 1.74. The first-order valence-corrected chi connectivity index (χ1v) is 6.86. The van der Waals surface area contributed by atoms with Crippen molar-refractivity contribution in [2.24, 2.45) is 0 Å². The van der Waals surface area contributed by atoms with E-state index in [-0.39, 0.29) is 35.7 Å². The minimum atomic E-state index is -0.134. The zero-order valence-corrected chi connectivity index (χ0v) is 15.9. The van der Waals surface area contributed by atoms with Gasteiger partial charge in [-0.3, -0.25) is 0 Å². The molecule has 0 amide bonds. The van der Waals surface area contributed by atoms with Crippen LogP contribution >= 0.6 is 0 Å². The summed E-state index contributed by atoms with van der Waals surface area (Å²) < 4.78 is -0.255. The van der Waals surface area contributed by atoms with Crippen molar-refractivity contribution in [1.82, 2.24) is 9.80 Å². The van der Waals surface area contributed by atoms with Crippen molar-refractivity contribution in [1.29, 1.82) is 0 Å². The molecule has 0 aromatic carbocycles. The Morgan fingerprint density at radius 1 is 0.824 bits per heavy atom. The molecule has 0 rings (SSSR count). The largest absolute Gasteiger partial charge is 5.00 e. The topological polar surface area (TPSA) is 40.0 Å². The first-order chi connectivity index (χ1) is 6.90. The summed E-state index contributed by atoms with van der Waals surface area (Å²) in [5.41, 5.74) is 0. The Hall–Kier alpha value is 1.93. The van der Waals surface area contributed by atoms with E-state index in [1.54, 1.807) is 0 Å². The molecule has 8 heteroatoms. The molecule has 0 bridgehead atoms. The Bertz CT molecular complexity index is 137. The van der Waals surface area contributed by atoms with E-state index in [2.05, 4.69) is 13.8 Å². The van der Waals surface area contributed by atoms with Gasteiger partial charge < -0.3 is 66.5 Å². The van der Waals surface area contributed by atoms with E-state index in [1.165, 1.54) is 0 Å². The van der Waals surface area contributed by atoms with Crippen LogP contribution in [0.15, 0.2) is 0 Å². The molecule has 0 atom stereocenters. The maximum absolute atomic E-state index is 4.84. The van der Waals surface area contributed by atoms with E-state index in [4.69, 9.17) is 50.5 Å².